The first-order chi connectivity index (χ1) is 7.68. The van der Waals surface area contributed by atoms with Crippen LogP contribution >= 0.6 is 0 Å². The van der Waals surface area contributed by atoms with E-state index < -0.39 is 17.4 Å². The Morgan fingerprint density at radius 2 is 1.69 bits per heavy atom. The Hall–Kier alpha value is -2.03. The highest BCUT2D eigenvalue weighted by Gasteiger charge is 2.13. The van der Waals surface area contributed by atoms with Crippen LogP contribution in [0.3, 0.4) is 0 Å². The molecule has 0 bridgehead atoms. The van der Waals surface area contributed by atoms with Gasteiger partial charge in [0.1, 0.15) is 11.6 Å². The largest absolute Gasteiger partial charge is 0.288 e. The molecule has 0 N–H and O–H groups in total. The second kappa shape index (κ2) is 4.23. The van der Waals surface area contributed by atoms with Crippen LogP contribution in [0.5, 0.6) is 0 Å². The molecule has 0 saturated heterocycles. The highest BCUT2D eigenvalue weighted by molar-refractivity contribution is 6.09. The summed E-state index contributed by atoms with van der Waals surface area (Å²) in [5.74, 6) is -1.63. The van der Waals surface area contributed by atoms with Gasteiger partial charge in [-0.15, -0.1) is 0 Å². The molecule has 2 aromatic rings. The zero-order chi connectivity index (χ0) is 11.5. The predicted molar refractivity (Wildman–Crippen MR) is 56.2 cm³/mol. The van der Waals surface area contributed by atoms with Gasteiger partial charge in [0.05, 0.1) is 5.56 Å². The lowest BCUT2D eigenvalue weighted by molar-refractivity contribution is 0.103. The molecule has 0 atom stereocenters. The van der Waals surface area contributed by atoms with Gasteiger partial charge in [0.15, 0.2) is 5.78 Å². The average molecular weight is 218 g/mol. The molecule has 80 valence electrons. The van der Waals surface area contributed by atoms with Crippen molar-refractivity contribution in [2.24, 2.45) is 0 Å². The lowest BCUT2D eigenvalue weighted by Crippen LogP contribution is -2.04. The maximum Gasteiger partial charge on any atom is 0.196 e. The van der Waals surface area contributed by atoms with Gasteiger partial charge in [0.25, 0.3) is 0 Å². The molecule has 0 aliphatic rings. The van der Waals surface area contributed by atoms with E-state index in [2.05, 4.69) is 0 Å². The zero-order valence-electron chi connectivity index (χ0n) is 8.28. The third kappa shape index (κ3) is 1.98. The van der Waals surface area contributed by atoms with Crippen molar-refractivity contribution >= 4 is 5.78 Å². The number of rotatable bonds is 2. The van der Waals surface area contributed by atoms with Crippen molar-refractivity contribution in [3.05, 3.63) is 71.3 Å². The van der Waals surface area contributed by atoms with E-state index in [1.165, 1.54) is 36.4 Å². The van der Waals surface area contributed by atoms with Gasteiger partial charge < -0.3 is 0 Å². The Kier molecular flexibility index (Phi) is 2.77. The molecule has 0 heterocycles. The quantitative estimate of drug-likeness (QED) is 0.707. The molecule has 0 saturated carbocycles. The summed E-state index contributed by atoms with van der Waals surface area (Å²) in [5.41, 5.74) is 0.0956. The van der Waals surface area contributed by atoms with Crippen LogP contribution in [0, 0.1) is 11.6 Å². The Morgan fingerprint density at radius 3 is 2.38 bits per heavy atom. The van der Waals surface area contributed by atoms with Gasteiger partial charge in [0, 0.05) is 5.56 Å². The van der Waals surface area contributed by atoms with Gasteiger partial charge in [-0.2, -0.15) is 0 Å². The van der Waals surface area contributed by atoms with E-state index in [-0.39, 0.29) is 11.1 Å². The minimum Gasteiger partial charge on any atom is -0.288 e. The molecule has 0 radical (unpaired) electrons. The SMILES string of the molecule is O=C(c1cccc(F)c1)c1ccccc1F. The van der Waals surface area contributed by atoms with Crippen molar-refractivity contribution < 1.29 is 13.6 Å². The summed E-state index contributed by atoms with van der Waals surface area (Å²) in [6.45, 7) is 0. The van der Waals surface area contributed by atoms with Crippen molar-refractivity contribution in [3.8, 4) is 0 Å². The average Bonchev–Trinajstić information content (AvgIpc) is 2.29. The molecule has 1 nitrogen and oxygen atoms in total. The summed E-state index contributed by atoms with van der Waals surface area (Å²) >= 11 is 0. The number of ketones is 1. The van der Waals surface area contributed by atoms with Crippen molar-refractivity contribution in [3.63, 3.8) is 0 Å². The predicted octanol–water partition coefficient (Wildman–Crippen LogP) is 3.20. The summed E-state index contributed by atoms with van der Waals surface area (Å²) in [4.78, 5) is 11.8. The molecular formula is C13H8F2O. The van der Waals surface area contributed by atoms with Gasteiger partial charge in [-0.05, 0) is 24.3 Å². The topological polar surface area (TPSA) is 17.1 Å². The van der Waals surface area contributed by atoms with E-state index in [1.807, 2.05) is 0 Å². The zero-order valence-corrected chi connectivity index (χ0v) is 8.28. The number of carbonyl (C=O) groups is 1. The molecule has 0 spiro atoms. The molecule has 0 fully saturated rings. The first kappa shape index (κ1) is 10.5. The molecule has 0 aliphatic heterocycles. The van der Waals surface area contributed by atoms with E-state index in [1.54, 1.807) is 6.07 Å². The molecule has 0 aliphatic carbocycles. The maximum atomic E-state index is 13.3. The van der Waals surface area contributed by atoms with E-state index in [4.69, 9.17) is 0 Å². The van der Waals surface area contributed by atoms with E-state index >= 15 is 0 Å². The second-order valence-corrected chi connectivity index (χ2v) is 3.32. The first-order valence-electron chi connectivity index (χ1n) is 4.73. The third-order valence-electron chi connectivity index (χ3n) is 2.21. The minimum absolute atomic E-state index is 0.0481. The number of benzene rings is 2. The maximum absolute atomic E-state index is 13.3. The van der Waals surface area contributed by atoms with E-state index in [0.29, 0.717) is 0 Å². The first-order valence-corrected chi connectivity index (χ1v) is 4.73. The normalized spacial score (nSPS) is 10.1. The van der Waals surface area contributed by atoms with Gasteiger partial charge in [-0.1, -0.05) is 24.3 Å². The van der Waals surface area contributed by atoms with Gasteiger partial charge in [-0.3, -0.25) is 4.79 Å². The summed E-state index contributed by atoms with van der Waals surface area (Å²) in [7, 11) is 0. The number of hydrogen-bond acceptors (Lipinski definition) is 1. The van der Waals surface area contributed by atoms with Crippen LogP contribution in [0.15, 0.2) is 48.5 Å². The van der Waals surface area contributed by atoms with Gasteiger partial charge >= 0.3 is 0 Å². The van der Waals surface area contributed by atoms with Crippen LogP contribution < -0.4 is 0 Å². The molecule has 0 aromatic heterocycles. The van der Waals surface area contributed by atoms with Crippen molar-refractivity contribution in [1.29, 1.82) is 0 Å². The van der Waals surface area contributed by atoms with E-state index in [0.717, 1.165) is 6.07 Å². The van der Waals surface area contributed by atoms with Crippen LogP contribution in [0.4, 0.5) is 8.78 Å². The fraction of sp³-hybridized carbons (Fsp3) is 0. The van der Waals surface area contributed by atoms with E-state index in [9.17, 15) is 13.6 Å². The van der Waals surface area contributed by atoms with Crippen LogP contribution in [0.25, 0.3) is 0 Å². The van der Waals surface area contributed by atoms with Crippen molar-refractivity contribution in [1.82, 2.24) is 0 Å². The van der Waals surface area contributed by atoms with Crippen molar-refractivity contribution in [2.45, 2.75) is 0 Å². The Labute approximate surface area is 91.3 Å². The molecule has 3 heteroatoms. The highest BCUT2D eigenvalue weighted by Crippen LogP contribution is 2.14. The summed E-state index contributed by atoms with van der Waals surface area (Å²) in [6.07, 6.45) is 0. The molecule has 16 heavy (non-hydrogen) atoms. The van der Waals surface area contributed by atoms with Crippen molar-refractivity contribution in [2.75, 3.05) is 0 Å². The minimum atomic E-state index is -0.600. The molecule has 0 amide bonds. The summed E-state index contributed by atoms with van der Waals surface area (Å²) in [6, 6.07) is 10.8. The van der Waals surface area contributed by atoms with Crippen LogP contribution in [0.1, 0.15) is 15.9 Å². The number of hydrogen-bond donors (Lipinski definition) is 0. The smallest absolute Gasteiger partial charge is 0.196 e. The Bertz CT molecular complexity index is 535. The van der Waals surface area contributed by atoms with Gasteiger partial charge in [-0.25, -0.2) is 8.78 Å². The second-order valence-electron chi connectivity index (χ2n) is 3.32. The fourth-order valence-corrected chi connectivity index (χ4v) is 1.43. The molecule has 2 aromatic carbocycles. The summed E-state index contributed by atoms with van der Waals surface area (Å²) in [5, 5.41) is 0. The van der Waals surface area contributed by atoms with Crippen LogP contribution in [-0.4, -0.2) is 5.78 Å². The molecule has 0 unspecified atom stereocenters. The van der Waals surface area contributed by atoms with Crippen LogP contribution in [0.2, 0.25) is 0 Å². The van der Waals surface area contributed by atoms with Crippen LogP contribution in [-0.2, 0) is 0 Å². The monoisotopic (exact) mass is 218 g/mol. The highest BCUT2D eigenvalue weighted by atomic mass is 19.1. The molecular weight excluding hydrogens is 210 g/mol. The lowest BCUT2D eigenvalue weighted by atomic mass is 10.0. The number of carbonyl (C=O) groups excluding carboxylic acids is 1. The Balaban J connectivity index is 2.44. The standard InChI is InChI=1S/C13H8F2O/c14-10-5-3-4-9(8-10)13(16)11-6-1-2-7-12(11)15/h1-8H. The third-order valence-corrected chi connectivity index (χ3v) is 2.21. The van der Waals surface area contributed by atoms with Gasteiger partial charge in [0.2, 0.25) is 0 Å². The lowest BCUT2D eigenvalue weighted by Gasteiger charge is -2.02. The summed E-state index contributed by atoms with van der Waals surface area (Å²) < 4.78 is 26.2. The fourth-order valence-electron chi connectivity index (χ4n) is 1.43. The molecule has 2 rings (SSSR count). The number of halogens is 2. The Morgan fingerprint density at radius 1 is 0.938 bits per heavy atom.